The first kappa shape index (κ1) is 11.5. The molecule has 0 spiro atoms. The Balaban J connectivity index is 2.55. The van der Waals surface area contributed by atoms with Crippen LogP contribution in [-0.2, 0) is 11.2 Å². The molecule has 0 aliphatic heterocycles. The average molecular weight is 304 g/mol. The second-order valence-corrected chi connectivity index (χ2v) is 4.08. The largest absolute Gasteiger partial charge is 0.497 e. The zero-order chi connectivity index (χ0) is 10.4. The third-order valence-electron chi connectivity index (χ3n) is 1.93. The maximum Gasteiger partial charge on any atom is 0.138 e. The van der Waals surface area contributed by atoms with Crippen molar-refractivity contribution < 1.29 is 9.53 Å². The lowest BCUT2D eigenvalue weighted by atomic mass is 10.1. The summed E-state index contributed by atoms with van der Waals surface area (Å²) in [5.41, 5.74) is 1.06. The molecule has 2 nitrogen and oxygen atoms in total. The summed E-state index contributed by atoms with van der Waals surface area (Å²) >= 11 is 2.22. The Morgan fingerprint density at radius 1 is 1.36 bits per heavy atom. The fraction of sp³-hybridized carbons (Fsp3) is 0.364. The summed E-state index contributed by atoms with van der Waals surface area (Å²) in [5, 5.41) is 0. The third-order valence-corrected chi connectivity index (χ3v) is 2.47. The molecule has 0 saturated carbocycles. The lowest BCUT2D eigenvalue weighted by Crippen LogP contribution is -2.02. The Bertz CT molecular complexity index is 293. The molecule has 0 saturated heterocycles. The standard InChI is InChI=1S/C11H13IO2/c1-14-11-4-2-9(3-5-11)8-10(13)6-7-12/h2-5H,6-8H2,1H3. The minimum Gasteiger partial charge on any atom is -0.497 e. The molecule has 0 unspecified atom stereocenters. The first-order valence-corrected chi connectivity index (χ1v) is 5.99. The Kier molecular flexibility index (Phi) is 4.93. The molecule has 0 aromatic heterocycles. The Hall–Kier alpha value is -0.580. The number of ether oxygens (including phenoxy) is 1. The van der Waals surface area contributed by atoms with Gasteiger partial charge in [-0.3, -0.25) is 4.79 Å². The lowest BCUT2D eigenvalue weighted by molar-refractivity contribution is -0.118. The third kappa shape index (κ3) is 3.65. The molecular formula is C11H13IO2. The fourth-order valence-electron chi connectivity index (χ4n) is 1.16. The second-order valence-electron chi connectivity index (χ2n) is 3.00. The van der Waals surface area contributed by atoms with Crippen molar-refractivity contribution in [3.05, 3.63) is 29.8 Å². The molecule has 1 aromatic carbocycles. The SMILES string of the molecule is COc1ccc(CC(=O)CCI)cc1. The number of methoxy groups -OCH3 is 1. The van der Waals surface area contributed by atoms with E-state index in [1.807, 2.05) is 24.3 Å². The molecule has 0 aliphatic carbocycles. The van der Waals surface area contributed by atoms with Gasteiger partial charge in [0.05, 0.1) is 7.11 Å². The summed E-state index contributed by atoms with van der Waals surface area (Å²) in [5.74, 6) is 1.12. The van der Waals surface area contributed by atoms with E-state index >= 15 is 0 Å². The number of Topliss-reactive ketones (excluding diaryl/α,β-unsaturated/α-hetero) is 1. The maximum atomic E-state index is 11.3. The van der Waals surface area contributed by atoms with Crippen LogP contribution >= 0.6 is 22.6 Å². The highest BCUT2D eigenvalue weighted by Crippen LogP contribution is 2.12. The molecule has 0 amide bonds. The number of rotatable bonds is 5. The molecule has 76 valence electrons. The summed E-state index contributed by atoms with van der Waals surface area (Å²) in [6.07, 6.45) is 1.19. The topological polar surface area (TPSA) is 26.3 Å². The van der Waals surface area contributed by atoms with Crippen molar-refractivity contribution in [1.82, 2.24) is 0 Å². The molecule has 0 aliphatic rings. The van der Waals surface area contributed by atoms with Crippen molar-refractivity contribution in [1.29, 1.82) is 0 Å². The fourth-order valence-corrected chi connectivity index (χ4v) is 1.77. The van der Waals surface area contributed by atoms with Crippen molar-refractivity contribution in [3.8, 4) is 5.75 Å². The van der Waals surface area contributed by atoms with E-state index in [1.165, 1.54) is 0 Å². The van der Waals surface area contributed by atoms with E-state index in [1.54, 1.807) is 7.11 Å². The van der Waals surface area contributed by atoms with Gasteiger partial charge in [-0.05, 0) is 17.7 Å². The van der Waals surface area contributed by atoms with E-state index in [0.717, 1.165) is 15.7 Å². The number of alkyl halides is 1. The van der Waals surface area contributed by atoms with Gasteiger partial charge in [0.1, 0.15) is 11.5 Å². The molecule has 1 aromatic rings. The summed E-state index contributed by atoms with van der Waals surface area (Å²) in [6, 6.07) is 7.63. The average Bonchev–Trinajstić information content (AvgIpc) is 2.19. The second kappa shape index (κ2) is 6.01. The minimum atomic E-state index is 0.296. The van der Waals surface area contributed by atoms with E-state index in [0.29, 0.717) is 18.6 Å². The normalized spacial score (nSPS) is 9.86. The number of hydrogen-bond acceptors (Lipinski definition) is 2. The molecule has 14 heavy (non-hydrogen) atoms. The zero-order valence-electron chi connectivity index (χ0n) is 8.13. The highest BCUT2D eigenvalue weighted by atomic mass is 127. The Labute approximate surface area is 97.8 Å². The predicted molar refractivity (Wildman–Crippen MR) is 65.2 cm³/mol. The zero-order valence-corrected chi connectivity index (χ0v) is 10.3. The van der Waals surface area contributed by atoms with Crippen LogP contribution in [0.4, 0.5) is 0 Å². The van der Waals surface area contributed by atoms with Gasteiger partial charge in [0.2, 0.25) is 0 Å². The number of halogens is 1. The minimum absolute atomic E-state index is 0.296. The molecule has 1 rings (SSSR count). The molecule has 0 bridgehead atoms. The van der Waals surface area contributed by atoms with Gasteiger partial charge < -0.3 is 4.74 Å². The van der Waals surface area contributed by atoms with Crippen LogP contribution in [0.3, 0.4) is 0 Å². The highest BCUT2D eigenvalue weighted by Gasteiger charge is 2.02. The summed E-state index contributed by atoms with van der Waals surface area (Å²) in [6.45, 7) is 0. The van der Waals surface area contributed by atoms with Crippen LogP contribution in [0.25, 0.3) is 0 Å². The quantitative estimate of drug-likeness (QED) is 0.617. The lowest BCUT2D eigenvalue weighted by Gasteiger charge is -2.02. The van der Waals surface area contributed by atoms with Gasteiger partial charge >= 0.3 is 0 Å². The number of ketones is 1. The smallest absolute Gasteiger partial charge is 0.138 e. The van der Waals surface area contributed by atoms with Gasteiger partial charge in [-0.25, -0.2) is 0 Å². The molecule has 0 heterocycles. The summed E-state index contributed by atoms with van der Waals surface area (Å²) in [7, 11) is 1.64. The van der Waals surface area contributed by atoms with Gasteiger partial charge in [-0.2, -0.15) is 0 Å². The molecule has 0 N–H and O–H groups in total. The predicted octanol–water partition coefficient (Wildman–Crippen LogP) is 2.63. The van der Waals surface area contributed by atoms with Crippen LogP contribution in [0.1, 0.15) is 12.0 Å². The van der Waals surface area contributed by atoms with Gasteiger partial charge in [0, 0.05) is 17.3 Å². The van der Waals surface area contributed by atoms with Crippen LogP contribution < -0.4 is 4.74 Å². The van der Waals surface area contributed by atoms with Crippen molar-refractivity contribution >= 4 is 28.4 Å². The van der Waals surface area contributed by atoms with Crippen LogP contribution in [0.15, 0.2) is 24.3 Å². The summed E-state index contributed by atoms with van der Waals surface area (Å²) in [4.78, 5) is 11.3. The molecule has 0 fully saturated rings. The van der Waals surface area contributed by atoms with E-state index in [4.69, 9.17) is 4.74 Å². The highest BCUT2D eigenvalue weighted by molar-refractivity contribution is 14.1. The van der Waals surface area contributed by atoms with Gasteiger partial charge in [-0.1, -0.05) is 34.7 Å². The van der Waals surface area contributed by atoms with Gasteiger partial charge in [0.15, 0.2) is 0 Å². The molecule has 3 heteroatoms. The van der Waals surface area contributed by atoms with Crippen molar-refractivity contribution in [2.45, 2.75) is 12.8 Å². The monoisotopic (exact) mass is 304 g/mol. The van der Waals surface area contributed by atoms with Crippen LogP contribution in [-0.4, -0.2) is 17.3 Å². The molecule has 0 atom stereocenters. The molecule has 0 radical (unpaired) electrons. The van der Waals surface area contributed by atoms with Crippen molar-refractivity contribution in [2.75, 3.05) is 11.5 Å². The van der Waals surface area contributed by atoms with Crippen molar-refractivity contribution in [2.24, 2.45) is 0 Å². The van der Waals surface area contributed by atoms with Gasteiger partial charge in [0.25, 0.3) is 0 Å². The Morgan fingerprint density at radius 3 is 2.50 bits per heavy atom. The molecular weight excluding hydrogens is 291 g/mol. The number of benzene rings is 1. The van der Waals surface area contributed by atoms with Crippen LogP contribution in [0.5, 0.6) is 5.75 Å². The number of hydrogen-bond donors (Lipinski definition) is 0. The van der Waals surface area contributed by atoms with Crippen molar-refractivity contribution in [3.63, 3.8) is 0 Å². The first-order valence-electron chi connectivity index (χ1n) is 4.47. The van der Waals surface area contributed by atoms with E-state index < -0.39 is 0 Å². The van der Waals surface area contributed by atoms with E-state index in [2.05, 4.69) is 22.6 Å². The maximum absolute atomic E-state index is 11.3. The summed E-state index contributed by atoms with van der Waals surface area (Å²) < 4.78 is 5.93. The van der Waals surface area contributed by atoms with E-state index in [-0.39, 0.29) is 0 Å². The number of carbonyl (C=O) groups excluding carboxylic acids is 1. The first-order chi connectivity index (χ1) is 6.76. The van der Waals surface area contributed by atoms with Crippen LogP contribution in [0, 0.1) is 0 Å². The van der Waals surface area contributed by atoms with Gasteiger partial charge in [-0.15, -0.1) is 0 Å². The number of carbonyl (C=O) groups is 1. The van der Waals surface area contributed by atoms with E-state index in [9.17, 15) is 4.79 Å². The van der Waals surface area contributed by atoms with Crippen LogP contribution in [0.2, 0.25) is 0 Å². The Morgan fingerprint density at radius 2 is 2.00 bits per heavy atom.